The van der Waals surface area contributed by atoms with Crippen molar-refractivity contribution < 1.29 is 33.7 Å². The Morgan fingerprint density at radius 1 is 1.11 bits per heavy atom. The van der Waals surface area contributed by atoms with E-state index in [1.54, 1.807) is 36.4 Å². The third-order valence-corrected chi connectivity index (χ3v) is 4.26. The summed E-state index contributed by atoms with van der Waals surface area (Å²) in [7, 11) is 0. The van der Waals surface area contributed by atoms with Gasteiger partial charge in [0, 0.05) is 5.57 Å². The Morgan fingerprint density at radius 2 is 1.75 bits per heavy atom. The Bertz CT molecular complexity index is 738. The summed E-state index contributed by atoms with van der Waals surface area (Å²) < 4.78 is 16.1. The van der Waals surface area contributed by atoms with Crippen LogP contribution in [0.25, 0.3) is 0 Å². The van der Waals surface area contributed by atoms with Crippen molar-refractivity contribution in [2.75, 3.05) is 13.2 Å². The molecule has 28 heavy (non-hydrogen) atoms. The first-order valence-corrected chi connectivity index (χ1v) is 8.97. The van der Waals surface area contributed by atoms with Gasteiger partial charge in [0.05, 0.1) is 11.8 Å². The third kappa shape index (κ3) is 6.26. The molecule has 0 saturated carbocycles. The Hall–Kier alpha value is -3.09. The molecule has 1 aromatic carbocycles. The van der Waals surface area contributed by atoms with Gasteiger partial charge in [0.25, 0.3) is 0 Å². The number of ether oxygens (including phenoxy) is 3. The molecule has 1 aliphatic rings. The number of para-hydroxylation sites is 1. The SMILES string of the molecule is C=C(C)C(=O)OCC(COc1ccccc1)OC(=O)C1CC=CCC1C(=O)O. The Kier molecular flexibility index (Phi) is 7.80. The van der Waals surface area contributed by atoms with Crippen LogP contribution in [0.5, 0.6) is 5.75 Å². The van der Waals surface area contributed by atoms with Crippen molar-refractivity contribution in [3.8, 4) is 5.75 Å². The van der Waals surface area contributed by atoms with E-state index >= 15 is 0 Å². The van der Waals surface area contributed by atoms with Gasteiger partial charge in [-0.15, -0.1) is 0 Å². The first-order valence-electron chi connectivity index (χ1n) is 8.97. The van der Waals surface area contributed by atoms with Gasteiger partial charge in [0.15, 0.2) is 6.10 Å². The summed E-state index contributed by atoms with van der Waals surface area (Å²) in [6, 6.07) is 8.91. The molecule has 1 aromatic rings. The Labute approximate surface area is 163 Å². The zero-order chi connectivity index (χ0) is 20.5. The van der Waals surface area contributed by atoms with Crippen molar-refractivity contribution in [2.45, 2.75) is 25.9 Å². The molecular weight excluding hydrogens is 364 g/mol. The molecule has 0 amide bonds. The summed E-state index contributed by atoms with van der Waals surface area (Å²) in [6.45, 7) is 4.75. The Balaban J connectivity index is 2.03. The molecule has 0 fully saturated rings. The number of aliphatic carboxylic acids is 1. The molecular formula is C21H24O7. The smallest absolute Gasteiger partial charge is 0.333 e. The maximum atomic E-state index is 12.6. The van der Waals surface area contributed by atoms with Crippen molar-refractivity contribution in [1.29, 1.82) is 0 Å². The van der Waals surface area contributed by atoms with E-state index in [1.165, 1.54) is 6.92 Å². The predicted molar refractivity (Wildman–Crippen MR) is 101 cm³/mol. The van der Waals surface area contributed by atoms with Gasteiger partial charge in [-0.05, 0) is 31.9 Å². The predicted octanol–water partition coefficient (Wildman–Crippen LogP) is 2.76. The maximum Gasteiger partial charge on any atom is 0.333 e. The van der Waals surface area contributed by atoms with Crippen LogP contribution < -0.4 is 4.74 Å². The molecule has 7 heteroatoms. The minimum absolute atomic E-state index is 0.0421. The van der Waals surface area contributed by atoms with Gasteiger partial charge >= 0.3 is 17.9 Å². The third-order valence-electron chi connectivity index (χ3n) is 4.26. The number of hydrogen-bond acceptors (Lipinski definition) is 6. The molecule has 150 valence electrons. The van der Waals surface area contributed by atoms with Gasteiger partial charge in [-0.1, -0.05) is 36.9 Å². The van der Waals surface area contributed by atoms with Crippen LogP contribution >= 0.6 is 0 Å². The average molecular weight is 388 g/mol. The molecule has 0 saturated heterocycles. The molecule has 0 spiro atoms. The summed E-state index contributed by atoms with van der Waals surface area (Å²) in [4.78, 5) is 35.7. The van der Waals surface area contributed by atoms with Crippen LogP contribution in [0.15, 0.2) is 54.6 Å². The number of carbonyl (C=O) groups is 3. The molecule has 2 rings (SSSR count). The van der Waals surface area contributed by atoms with Gasteiger partial charge in [0.1, 0.15) is 19.0 Å². The number of hydrogen-bond donors (Lipinski definition) is 1. The van der Waals surface area contributed by atoms with Gasteiger partial charge in [-0.25, -0.2) is 4.79 Å². The van der Waals surface area contributed by atoms with Crippen molar-refractivity contribution in [3.05, 3.63) is 54.6 Å². The molecule has 3 unspecified atom stereocenters. The van der Waals surface area contributed by atoms with Gasteiger partial charge in [-0.2, -0.15) is 0 Å². The van der Waals surface area contributed by atoms with Crippen molar-refractivity contribution in [1.82, 2.24) is 0 Å². The van der Waals surface area contributed by atoms with E-state index in [2.05, 4.69) is 6.58 Å². The number of benzene rings is 1. The first kappa shape index (κ1) is 21.2. The summed E-state index contributed by atoms with van der Waals surface area (Å²) in [6.07, 6.45) is 3.18. The highest BCUT2D eigenvalue weighted by atomic mass is 16.6. The van der Waals surface area contributed by atoms with E-state index < -0.39 is 35.8 Å². The highest BCUT2D eigenvalue weighted by Gasteiger charge is 2.36. The summed E-state index contributed by atoms with van der Waals surface area (Å²) in [5, 5.41) is 9.34. The van der Waals surface area contributed by atoms with E-state index in [0.717, 1.165) is 0 Å². The molecule has 0 radical (unpaired) electrons. The van der Waals surface area contributed by atoms with Gasteiger partial charge in [-0.3, -0.25) is 9.59 Å². The summed E-state index contributed by atoms with van der Waals surface area (Å²) in [5.41, 5.74) is 0.220. The maximum absolute atomic E-state index is 12.6. The quantitative estimate of drug-likeness (QED) is 0.394. The Morgan fingerprint density at radius 3 is 2.36 bits per heavy atom. The van der Waals surface area contributed by atoms with Crippen molar-refractivity contribution in [2.24, 2.45) is 11.8 Å². The number of esters is 2. The molecule has 0 aromatic heterocycles. The summed E-state index contributed by atoms with van der Waals surface area (Å²) >= 11 is 0. The largest absolute Gasteiger partial charge is 0.490 e. The average Bonchev–Trinajstić information content (AvgIpc) is 2.70. The lowest BCUT2D eigenvalue weighted by molar-refractivity contribution is -0.167. The van der Waals surface area contributed by atoms with Gasteiger partial charge in [0.2, 0.25) is 0 Å². The van der Waals surface area contributed by atoms with E-state index in [0.29, 0.717) is 5.75 Å². The van der Waals surface area contributed by atoms with Crippen LogP contribution in [0.3, 0.4) is 0 Å². The lowest BCUT2D eigenvalue weighted by Gasteiger charge is -2.26. The summed E-state index contributed by atoms with van der Waals surface area (Å²) in [5.74, 6) is -3.37. The van der Waals surface area contributed by atoms with Gasteiger partial charge < -0.3 is 19.3 Å². The van der Waals surface area contributed by atoms with E-state index in [4.69, 9.17) is 14.2 Å². The fourth-order valence-corrected chi connectivity index (χ4v) is 2.71. The molecule has 1 N–H and O–H groups in total. The van der Waals surface area contributed by atoms with Crippen LogP contribution in [0.4, 0.5) is 0 Å². The fourth-order valence-electron chi connectivity index (χ4n) is 2.71. The highest BCUT2D eigenvalue weighted by molar-refractivity contribution is 5.87. The van der Waals surface area contributed by atoms with Crippen molar-refractivity contribution in [3.63, 3.8) is 0 Å². The zero-order valence-electron chi connectivity index (χ0n) is 15.7. The first-order chi connectivity index (χ1) is 13.4. The van der Waals surface area contributed by atoms with E-state index in [9.17, 15) is 19.5 Å². The standard InChI is InChI=1S/C21H24O7/c1-14(2)20(24)27-13-16(12-26-15-8-4-3-5-9-15)28-21(25)18-11-7-6-10-17(18)19(22)23/h3-9,16-18H,1,10-13H2,2H3,(H,22,23). The number of carboxylic acid groups (broad SMARTS) is 1. The minimum Gasteiger partial charge on any atom is -0.490 e. The second-order valence-corrected chi connectivity index (χ2v) is 6.56. The monoisotopic (exact) mass is 388 g/mol. The van der Waals surface area contributed by atoms with Crippen LogP contribution in [0.1, 0.15) is 19.8 Å². The normalized spacial score (nSPS) is 19.3. The molecule has 1 aliphatic carbocycles. The molecule has 0 heterocycles. The molecule has 7 nitrogen and oxygen atoms in total. The number of allylic oxidation sites excluding steroid dienone is 2. The molecule has 3 atom stereocenters. The van der Waals surface area contributed by atoms with Crippen LogP contribution in [0.2, 0.25) is 0 Å². The fraction of sp³-hybridized carbons (Fsp3) is 0.381. The molecule has 0 bridgehead atoms. The van der Waals surface area contributed by atoms with Crippen LogP contribution in [-0.2, 0) is 23.9 Å². The second-order valence-electron chi connectivity index (χ2n) is 6.56. The van der Waals surface area contributed by atoms with Crippen molar-refractivity contribution >= 4 is 17.9 Å². The number of carboxylic acids is 1. The number of carbonyl (C=O) groups excluding carboxylic acids is 2. The second kappa shape index (κ2) is 10.3. The van der Waals surface area contributed by atoms with Crippen LogP contribution in [-0.4, -0.2) is 42.3 Å². The van der Waals surface area contributed by atoms with E-state index in [1.807, 2.05) is 6.07 Å². The van der Waals surface area contributed by atoms with E-state index in [-0.39, 0.29) is 31.6 Å². The topological polar surface area (TPSA) is 99.1 Å². The lowest BCUT2D eigenvalue weighted by Crippen LogP contribution is -2.37. The number of rotatable bonds is 9. The van der Waals surface area contributed by atoms with Crippen LogP contribution in [0, 0.1) is 11.8 Å². The zero-order valence-corrected chi connectivity index (χ0v) is 15.7. The molecule has 0 aliphatic heterocycles. The minimum atomic E-state index is -1.04. The lowest BCUT2D eigenvalue weighted by atomic mass is 9.83. The highest BCUT2D eigenvalue weighted by Crippen LogP contribution is 2.27.